The Balaban J connectivity index is 1.58. The Morgan fingerprint density at radius 3 is 2.85 bits per heavy atom. The quantitative estimate of drug-likeness (QED) is 0.374. The molecule has 172 valence electrons. The molecule has 1 saturated heterocycles. The van der Waals surface area contributed by atoms with Crippen LogP contribution in [0.25, 0.3) is 22.1 Å². The van der Waals surface area contributed by atoms with Gasteiger partial charge in [0.1, 0.15) is 30.3 Å². The topological polar surface area (TPSA) is 94.9 Å². The van der Waals surface area contributed by atoms with Crippen molar-refractivity contribution in [2.45, 2.75) is 18.5 Å². The summed E-state index contributed by atoms with van der Waals surface area (Å²) in [7, 11) is 1.79. The Morgan fingerprint density at radius 2 is 2.09 bits per heavy atom. The second-order valence-electron chi connectivity index (χ2n) is 8.23. The second-order valence-corrected chi connectivity index (χ2v) is 8.23. The van der Waals surface area contributed by atoms with Gasteiger partial charge in [-0.25, -0.2) is 23.7 Å². The first kappa shape index (κ1) is 21.6. The highest BCUT2D eigenvalue weighted by atomic mass is 19.1. The molecule has 0 spiro atoms. The number of alkyl halides is 1. The van der Waals surface area contributed by atoms with Crippen molar-refractivity contribution in [2.24, 2.45) is 7.05 Å². The van der Waals surface area contributed by atoms with Crippen molar-refractivity contribution in [3.05, 3.63) is 60.6 Å². The average Bonchev–Trinajstić information content (AvgIpc) is 3.53. The zero-order valence-electron chi connectivity index (χ0n) is 18.4. The summed E-state index contributed by atoms with van der Waals surface area (Å²) in [4.78, 5) is 26.4. The molecule has 8 nitrogen and oxygen atoms in total. The van der Waals surface area contributed by atoms with Crippen LogP contribution < -0.4 is 5.73 Å². The number of benzene rings is 1. The molecule has 1 aromatic carbocycles. The lowest BCUT2D eigenvalue weighted by Crippen LogP contribution is -2.35. The minimum atomic E-state index is -0.658. The molecule has 0 aliphatic carbocycles. The van der Waals surface area contributed by atoms with Gasteiger partial charge in [-0.15, -0.1) is 0 Å². The molecule has 0 radical (unpaired) electrons. The zero-order chi connectivity index (χ0) is 24.0. The van der Waals surface area contributed by atoms with E-state index >= 15 is 0 Å². The van der Waals surface area contributed by atoms with E-state index in [-0.39, 0.29) is 23.3 Å². The van der Waals surface area contributed by atoms with Gasteiger partial charge in [0, 0.05) is 25.9 Å². The Kier molecular flexibility index (Phi) is 5.24. The number of anilines is 1. The van der Waals surface area contributed by atoms with Gasteiger partial charge in [0.15, 0.2) is 0 Å². The number of aryl methyl sites for hydroxylation is 1. The summed E-state index contributed by atoms with van der Waals surface area (Å²) < 4.78 is 31.9. The van der Waals surface area contributed by atoms with Crippen LogP contribution in [-0.4, -0.2) is 54.2 Å². The first-order chi connectivity index (χ1) is 16.4. The van der Waals surface area contributed by atoms with E-state index in [1.165, 1.54) is 23.4 Å². The predicted octanol–water partition coefficient (Wildman–Crippen LogP) is 2.74. The van der Waals surface area contributed by atoms with Gasteiger partial charge in [-0.3, -0.25) is 4.79 Å². The van der Waals surface area contributed by atoms with Gasteiger partial charge in [-0.05, 0) is 18.6 Å². The number of likely N-dealkylation sites (tertiary alicyclic amines) is 1. The third kappa shape index (κ3) is 3.46. The number of imidazole rings is 1. The molecule has 2 N–H and O–H groups in total. The fourth-order valence-electron chi connectivity index (χ4n) is 4.49. The lowest BCUT2D eigenvalue weighted by atomic mass is 10.1. The lowest BCUT2D eigenvalue weighted by molar-refractivity contribution is -0.127. The molecule has 1 aliphatic heterocycles. The van der Waals surface area contributed by atoms with Crippen LogP contribution in [0, 0.1) is 17.7 Å². The number of carbonyl (C=O) groups excluding carboxylic acids is 1. The van der Waals surface area contributed by atoms with E-state index in [4.69, 9.17) is 5.73 Å². The van der Waals surface area contributed by atoms with E-state index in [1.807, 2.05) is 4.57 Å². The van der Waals surface area contributed by atoms with Crippen molar-refractivity contribution >= 4 is 33.8 Å². The summed E-state index contributed by atoms with van der Waals surface area (Å²) in [6.45, 7) is 3.14. The van der Waals surface area contributed by atoms with Crippen LogP contribution in [0.15, 0.2) is 43.6 Å². The van der Waals surface area contributed by atoms with Crippen LogP contribution in [0.4, 0.5) is 14.6 Å². The van der Waals surface area contributed by atoms with Crippen molar-refractivity contribution in [3.63, 3.8) is 0 Å². The maximum absolute atomic E-state index is 14.7. The lowest BCUT2D eigenvalue weighted by Gasteiger charge is -2.20. The third-order valence-electron chi connectivity index (χ3n) is 6.21. The Bertz CT molecular complexity index is 1510. The number of amides is 1. The number of nitrogens with two attached hydrogens (primary N) is 1. The van der Waals surface area contributed by atoms with Crippen molar-refractivity contribution in [3.8, 4) is 11.8 Å². The molecular formula is C24H21F2N7O. The Labute approximate surface area is 193 Å². The summed E-state index contributed by atoms with van der Waals surface area (Å²) >= 11 is 0. The normalized spacial score (nSPS) is 17.8. The second kappa shape index (κ2) is 8.26. The summed E-state index contributed by atoms with van der Waals surface area (Å²) in [5.74, 6) is 5.31. The standard InChI is InChI=1S/C24H21F2N7O/c1-3-21(34)32-11-17(7-16(32)9-25)33-10-15(22-23(27)28-12-29-24(22)33)5-4-14-6-19-20(8-18(14)26)31(2)13-30-19/h3,6,8,10,12-13,16-17H,1,7,9,11H2,2H3,(H2,27,28,29)/t16-,17+/m1/s1. The molecule has 10 heteroatoms. The summed E-state index contributed by atoms with van der Waals surface area (Å²) in [6, 6.07) is 2.20. The first-order valence-electron chi connectivity index (χ1n) is 10.6. The molecule has 1 amide bonds. The van der Waals surface area contributed by atoms with E-state index < -0.39 is 18.5 Å². The Hall–Kier alpha value is -4.26. The van der Waals surface area contributed by atoms with Gasteiger partial charge < -0.3 is 19.8 Å². The van der Waals surface area contributed by atoms with Crippen LogP contribution in [0.5, 0.6) is 0 Å². The van der Waals surface area contributed by atoms with Crippen molar-refractivity contribution in [2.75, 3.05) is 19.0 Å². The van der Waals surface area contributed by atoms with Crippen molar-refractivity contribution in [1.29, 1.82) is 0 Å². The number of hydrogen-bond donors (Lipinski definition) is 1. The average molecular weight is 461 g/mol. The van der Waals surface area contributed by atoms with Gasteiger partial charge in [-0.1, -0.05) is 18.4 Å². The predicted molar refractivity (Wildman–Crippen MR) is 124 cm³/mol. The number of carbonyl (C=O) groups is 1. The van der Waals surface area contributed by atoms with Gasteiger partial charge in [0.2, 0.25) is 5.91 Å². The molecule has 0 saturated carbocycles. The van der Waals surface area contributed by atoms with Crippen LogP contribution in [0.2, 0.25) is 0 Å². The first-order valence-corrected chi connectivity index (χ1v) is 10.6. The highest BCUT2D eigenvalue weighted by molar-refractivity contribution is 5.93. The highest BCUT2D eigenvalue weighted by Crippen LogP contribution is 2.33. The zero-order valence-corrected chi connectivity index (χ0v) is 18.4. The number of rotatable bonds is 3. The number of fused-ring (bicyclic) bond motifs is 2. The fourth-order valence-corrected chi connectivity index (χ4v) is 4.49. The monoisotopic (exact) mass is 461 g/mol. The third-order valence-corrected chi connectivity index (χ3v) is 6.21. The van der Waals surface area contributed by atoms with E-state index in [2.05, 4.69) is 33.4 Å². The fraction of sp³-hybridized carbons (Fsp3) is 0.250. The molecule has 4 aromatic rings. The summed E-state index contributed by atoms with van der Waals surface area (Å²) in [5, 5.41) is 0.527. The minimum Gasteiger partial charge on any atom is -0.383 e. The van der Waals surface area contributed by atoms with Gasteiger partial charge in [-0.2, -0.15) is 0 Å². The molecule has 34 heavy (non-hydrogen) atoms. The van der Waals surface area contributed by atoms with Crippen LogP contribution in [-0.2, 0) is 11.8 Å². The SMILES string of the molecule is C=CC(=O)N1C[C@@H](n2cc(C#Cc3cc4ncn(C)c4cc3F)c3c(N)ncnc32)C[C@@H]1CF. The smallest absolute Gasteiger partial charge is 0.246 e. The van der Waals surface area contributed by atoms with Crippen LogP contribution in [0.1, 0.15) is 23.6 Å². The number of halogens is 2. The van der Waals surface area contributed by atoms with Crippen LogP contribution >= 0.6 is 0 Å². The molecule has 1 aliphatic rings. The molecular weight excluding hydrogens is 440 g/mol. The van der Waals surface area contributed by atoms with Gasteiger partial charge in [0.05, 0.1) is 46.0 Å². The van der Waals surface area contributed by atoms with Crippen molar-refractivity contribution < 1.29 is 13.6 Å². The van der Waals surface area contributed by atoms with Gasteiger partial charge in [0.25, 0.3) is 0 Å². The highest BCUT2D eigenvalue weighted by Gasteiger charge is 2.36. The van der Waals surface area contributed by atoms with E-state index in [9.17, 15) is 13.6 Å². The maximum atomic E-state index is 14.7. The molecule has 0 unspecified atom stereocenters. The molecule has 2 atom stereocenters. The van der Waals surface area contributed by atoms with Gasteiger partial charge >= 0.3 is 0 Å². The number of nitrogen functional groups attached to an aromatic ring is 1. The van der Waals surface area contributed by atoms with E-state index in [1.54, 1.807) is 30.2 Å². The molecule has 3 aromatic heterocycles. The van der Waals surface area contributed by atoms with E-state index in [0.717, 1.165) is 0 Å². The molecule has 1 fully saturated rings. The Morgan fingerprint density at radius 1 is 1.29 bits per heavy atom. The molecule has 0 bridgehead atoms. The largest absolute Gasteiger partial charge is 0.383 e. The molecule has 5 rings (SSSR count). The van der Waals surface area contributed by atoms with E-state index in [0.29, 0.717) is 40.6 Å². The maximum Gasteiger partial charge on any atom is 0.246 e. The summed E-state index contributed by atoms with van der Waals surface area (Å²) in [6.07, 6.45) is 6.29. The molecule has 4 heterocycles. The minimum absolute atomic E-state index is 0.198. The van der Waals surface area contributed by atoms with Crippen LogP contribution in [0.3, 0.4) is 0 Å². The van der Waals surface area contributed by atoms with Crippen molar-refractivity contribution in [1.82, 2.24) is 29.0 Å². The number of nitrogens with zero attached hydrogens (tertiary/aromatic N) is 6. The summed E-state index contributed by atoms with van der Waals surface area (Å²) in [5.41, 5.74) is 8.67. The number of aromatic nitrogens is 5. The number of hydrogen-bond acceptors (Lipinski definition) is 5.